The molecular weight excluding hydrogens is 138 g/mol. The van der Waals surface area contributed by atoms with Crippen LogP contribution in [0.1, 0.15) is 5.82 Å². The predicted octanol–water partition coefficient (Wildman–Crippen LogP) is 0.782. The molecule has 0 fully saturated rings. The molecule has 1 N–H and O–H groups in total. The van der Waals surface area contributed by atoms with Crippen molar-refractivity contribution in [1.29, 1.82) is 0 Å². The Morgan fingerprint density at radius 3 is 2.91 bits per heavy atom. The minimum Gasteiger partial charge on any atom is -0.337 e. The molecular formula is C8H6N3. The number of nitrogens with one attached hydrogen (secondary N) is 1. The van der Waals surface area contributed by atoms with E-state index in [-0.39, 0.29) is 0 Å². The first-order chi connectivity index (χ1) is 5.40. The second-order valence-corrected chi connectivity index (χ2v) is 2.27. The molecule has 0 aliphatic heterocycles. The van der Waals surface area contributed by atoms with Gasteiger partial charge in [-0.15, -0.1) is 0 Å². The van der Waals surface area contributed by atoms with Gasteiger partial charge in [0.05, 0.1) is 17.2 Å². The first kappa shape index (κ1) is 6.09. The van der Waals surface area contributed by atoms with Crippen molar-refractivity contribution >= 4 is 17.2 Å². The van der Waals surface area contributed by atoms with Gasteiger partial charge in [-0.05, 0) is 12.1 Å². The van der Waals surface area contributed by atoms with E-state index in [1.165, 1.54) is 0 Å². The highest BCUT2D eigenvalue weighted by atomic mass is 14.9. The van der Waals surface area contributed by atoms with Crippen LogP contribution in [0.5, 0.6) is 0 Å². The fourth-order valence-corrected chi connectivity index (χ4v) is 1.03. The van der Waals surface area contributed by atoms with Gasteiger partial charge in [0.25, 0.3) is 0 Å². The molecule has 0 aliphatic rings. The number of benzene rings is 1. The van der Waals surface area contributed by atoms with Gasteiger partial charge >= 0.3 is 0 Å². The van der Waals surface area contributed by atoms with Gasteiger partial charge in [-0.1, -0.05) is 12.1 Å². The fourth-order valence-electron chi connectivity index (χ4n) is 1.03. The van der Waals surface area contributed by atoms with Crippen molar-refractivity contribution in [3.8, 4) is 0 Å². The zero-order valence-corrected chi connectivity index (χ0v) is 5.78. The maximum absolute atomic E-state index is 8.62. The van der Waals surface area contributed by atoms with Gasteiger partial charge in [-0.3, -0.25) is 0 Å². The number of hydrogen-bond acceptors (Lipinski definition) is 1. The normalized spacial score (nSPS) is 10.2. The highest BCUT2D eigenvalue weighted by Crippen LogP contribution is 2.08. The standard InChI is InChI=1S/C8H6N3/c9-5-8-10-6-3-1-2-4-7(6)11-8/h1-5H,(H,10,11). The molecule has 1 aromatic heterocycles. The van der Waals surface area contributed by atoms with E-state index in [4.69, 9.17) is 5.41 Å². The van der Waals surface area contributed by atoms with E-state index in [0.29, 0.717) is 5.82 Å². The lowest BCUT2D eigenvalue weighted by Crippen LogP contribution is -1.81. The summed E-state index contributed by atoms with van der Waals surface area (Å²) in [7, 11) is 0. The predicted molar refractivity (Wildman–Crippen MR) is 43.4 cm³/mol. The summed E-state index contributed by atoms with van der Waals surface area (Å²) in [6.07, 6.45) is 0.958. The summed E-state index contributed by atoms with van der Waals surface area (Å²) < 4.78 is 0. The lowest BCUT2D eigenvalue weighted by atomic mass is 10.3. The Hall–Kier alpha value is -1.64. The van der Waals surface area contributed by atoms with E-state index in [9.17, 15) is 0 Å². The second-order valence-electron chi connectivity index (χ2n) is 2.27. The maximum atomic E-state index is 8.62. The van der Waals surface area contributed by atoms with E-state index in [0.717, 1.165) is 17.2 Å². The largest absolute Gasteiger partial charge is 0.337 e. The Kier molecular flexibility index (Phi) is 1.22. The van der Waals surface area contributed by atoms with Crippen molar-refractivity contribution in [2.75, 3.05) is 0 Å². The molecule has 0 spiro atoms. The maximum Gasteiger partial charge on any atom is 0.151 e. The van der Waals surface area contributed by atoms with Gasteiger partial charge in [0.1, 0.15) is 0 Å². The number of aromatic amines is 1. The number of aromatic nitrogens is 2. The van der Waals surface area contributed by atoms with Crippen molar-refractivity contribution in [3.05, 3.63) is 30.1 Å². The number of H-pyrrole nitrogens is 1. The first-order valence-electron chi connectivity index (χ1n) is 3.32. The average molecular weight is 144 g/mol. The molecule has 1 heterocycles. The molecule has 1 radical (unpaired) electrons. The zero-order chi connectivity index (χ0) is 7.68. The van der Waals surface area contributed by atoms with Gasteiger partial charge in [0, 0.05) is 0 Å². The van der Waals surface area contributed by atoms with Crippen LogP contribution in [-0.4, -0.2) is 16.2 Å². The Balaban J connectivity index is 2.78. The van der Waals surface area contributed by atoms with Crippen molar-refractivity contribution in [3.63, 3.8) is 0 Å². The minimum absolute atomic E-state index is 0.492. The molecule has 3 nitrogen and oxygen atoms in total. The summed E-state index contributed by atoms with van der Waals surface area (Å²) in [6.45, 7) is 0. The molecule has 11 heavy (non-hydrogen) atoms. The van der Waals surface area contributed by atoms with Crippen molar-refractivity contribution in [1.82, 2.24) is 15.4 Å². The summed E-state index contributed by atoms with van der Waals surface area (Å²) in [5.74, 6) is 0.492. The molecule has 0 amide bonds. The number of hydrogen-bond donors (Lipinski definition) is 1. The van der Waals surface area contributed by atoms with E-state index < -0.39 is 0 Å². The number of rotatable bonds is 1. The Bertz CT molecular complexity index is 356. The van der Waals surface area contributed by atoms with Crippen LogP contribution in [0.3, 0.4) is 0 Å². The van der Waals surface area contributed by atoms with Crippen LogP contribution >= 0.6 is 0 Å². The lowest BCUT2D eigenvalue weighted by molar-refractivity contribution is 1.30. The lowest BCUT2D eigenvalue weighted by Gasteiger charge is -1.81. The third-order valence-corrected chi connectivity index (χ3v) is 1.53. The van der Waals surface area contributed by atoms with E-state index >= 15 is 0 Å². The first-order valence-corrected chi connectivity index (χ1v) is 3.32. The average Bonchev–Trinajstić information content (AvgIpc) is 2.46. The van der Waals surface area contributed by atoms with Crippen molar-refractivity contribution in [2.45, 2.75) is 0 Å². The Morgan fingerprint density at radius 1 is 1.36 bits per heavy atom. The van der Waals surface area contributed by atoms with Crippen LogP contribution in [0.15, 0.2) is 24.3 Å². The topological polar surface area (TPSA) is 51.0 Å². The highest BCUT2D eigenvalue weighted by molar-refractivity contribution is 5.82. The van der Waals surface area contributed by atoms with E-state index in [2.05, 4.69) is 9.97 Å². The number of imidazole rings is 1. The van der Waals surface area contributed by atoms with Crippen LogP contribution < -0.4 is 5.41 Å². The van der Waals surface area contributed by atoms with Gasteiger partial charge in [0.15, 0.2) is 5.82 Å². The molecule has 0 atom stereocenters. The molecule has 2 rings (SSSR count). The van der Waals surface area contributed by atoms with Crippen molar-refractivity contribution in [2.24, 2.45) is 0 Å². The van der Waals surface area contributed by atoms with E-state index in [1.54, 1.807) is 0 Å². The number of nitrogens with zero attached hydrogens (tertiary/aromatic N) is 2. The van der Waals surface area contributed by atoms with Gasteiger partial charge in [0.2, 0.25) is 0 Å². The summed E-state index contributed by atoms with van der Waals surface area (Å²) in [5.41, 5.74) is 1.81. The van der Waals surface area contributed by atoms with Crippen LogP contribution in [0, 0.1) is 0 Å². The highest BCUT2D eigenvalue weighted by Gasteiger charge is 1.96. The molecule has 0 unspecified atom stereocenters. The molecule has 2 aromatic rings. The van der Waals surface area contributed by atoms with Gasteiger partial charge in [-0.25, -0.2) is 4.98 Å². The third-order valence-electron chi connectivity index (χ3n) is 1.53. The Labute approximate surface area is 63.6 Å². The molecule has 3 heteroatoms. The molecule has 0 aliphatic carbocycles. The summed E-state index contributed by atoms with van der Waals surface area (Å²) in [5, 5.41) is 8.62. The smallest absolute Gasteiger partial charge is 0.151 e. The third kappa shape index (κ3) is 0.902. The summed E-state index contributed by atoms with van der Waals surface area (Å²) >= 11 is 0. The molecule has 53 valence electrons. The van der Waals surface area contributed by atoms with Gasteiger partial charge in [-0.2, -0.15) is 5.41 Å². The summed E-state index contributed by atoms with van der Waals surface area (Å²) in [4.78, 5) is 7.00. The quantitative estimate of drug-likeness (QED) is 0.591. The van der Waals surface area contributed by atoms with Gasteiger partial charge < -0.3 is 4.98 Å². The number of fused-ring (bicyclic) bond motifs is 1. The molecule has 1 aromatic carbocycles. The minimum atomic E-state index is 0.492. The van der Waals surface area contributed by atoms with Crippen molar-refractivity contribution < 1.29 is 0 Å². The monoisotopic (exact) mass is 144 g/mol. The van der Waals surface area contributed by atoms with Crippen LogP contribution in [0.25, 0.3) is 11.0 Å². The fraction of sp³-hybridized carbons (Fsp3) is 0. The zero-order valence-electron chi connectivity index (χ0n) is 5.78. The SMILES string of the molecule is [N]=Cc1nc2ccccc2[nH]1. The van der Waals surface area contributed by atoms with Crippen LogP contribution in [0.2, 0.25) is 0 Å². The Morgan fingerprint density at radius 2 is 2.18 bits per heavy atom. The number of para-hydroxylation sites is 2. The molecule has 0 bridgehead atoms. The molecule has 0 saturated carbocycles. The van der Waals surface area contributed by atoms with E-state index in [1.807, 2.05) is 24.3 Å². The van der Waals surface area contributed by atoms with Crippen LogP contribution in [0.4, 0.5) is 0 Å². The molecule has 0 saturated heterocycles. The van der Waals surface area contributed by atoms with Crippen LogP contribution in [-0.2, 0) is 0 Å². The summed E-state index contributed by atoms with van der Waals surface area (Å²) in [6, 6.07) is 7.63. The second kappa shape index (κ2) is 2.20.